The minimum atomic E-state index is 0.154. The van der Waals surface area contributed by atoms with Crippen molar-refractivity contribution in [2.75, 3.05) is 0 Å². The summed E-state index contributed by atoms with van der Waals surface area (Å²) >= 11 is 1.57. The predicted molar refractivity (Wildman–Crippen MR) is 108 cm³/mol. The molecule has 138 valence electrons. The van der Waals surface area contributed by atoms with E-state index in [1.807, 2.05) is 40.6 Å². The Morgan fingerprint density at radius 2 is 2.04 bits per heavy atom. The van der Waals surface area contributed by atoms with Gasteiger partial charge in [-0.05, 0) is 43.4 Å². The third kappa shape index (κ3) is 4.42. The summed E-state index contributed by atoms with van der Waals surface area (Å²) in [5, 5.41) is 2.90. The number of hydrogen-bond acceptors (Lipinski definition) is 4. The van der Waals surface area contributed by atoms with E-state index in [4.69, 9.17) is 0 Å². The van der Waals surface area contributed by atoms with Gasteiger partial charge in [0.25, 0.3) is 0 Å². The van der Waals surface area contributed by atoms with Crippen molar-refractivity contribution in [1.82, 2.24) is 14.9 Å². The molecule has 1 saturated carbocycles. The molecule has 4 nitrogen and oxygen atoms in total. The lowest BCUT2D eigenvalue weighted by Gasteiger charge is -2.29. The summed E-state index contributed by atoms with van der Waals surface area (Å²) in [5.74, 6) is 0.792. The zero-order valence-electron chi connectivity index (χ0n) is 15.4. The molecular weight excluding hydrogens is 354 g/mol. The van der Waals surface area contributed by atoms with Gasteiger partial charge in [-0.3, -0.25) is 9.78 Å². The Kier molecular flexibility index (Phi) is 5.30. The zero-order chi connectivity index (χ0) is 18.6. The second kappa shape index (κ2) is 8.01. The van der Waals surface area contributed by atoms with Gasteiger partial charge in [0.15, 0.2) is 0 Å². The molecule has 1 amide bonds. The standard InChI is InChI=1S/C22H23N3OS/c1-16(18-9-10-18)25(14-17-6-3-2-4-7-17)21(26)12-20-15-27-22(24-20)19-8-5-11-23-13-19/h2-8,11,13,15-16,18H,9-10,12,14H2,1H3. The third-order valence-electron chi connectivity index (χ3n) is 5.10. The molecule has 1 aliphatic rings. The van der Waals surface area contributed by atoms with Crippen LogP contribution < -0.4 is 0 Å². The van der Waals surface area contributed by atoms with Gasteiger partial charge in [-0.15, -0.1) is 11.3 Å². The average Bonchev–Trinajstić information content (AvgIpc) is 3.46. The molecule has 0 N–H and O–H groups in total. The van der Waals surface area contributed by atoms with E-state index in [1.54, 1.807) is 23.7 Å². The Bertz CT molecular complexity index is 890. The molecule has 27 heavy (non-hydrogen) atoms. The van der Waals surface area contributed by atoms with Crippen LogP contribution in [0.5, 0.6) is 0 Å². The topological polar surface area (TPSA) is 46.1 Å². The molecule has 0 aliphatic heterocycles. The predicted octanol–water partition coefficient (Wildman–Crippen LogP) is 4.57. The van der Waals surface area contributed by atoms with Crippen LogP contribution >= 0.6 is 11.3 Å². The highest BCUT2D eigenvalue weighted by Crippen LogP contribution is 2.36. The van der Waals surface area contributed by atoms with Gasteiger partial charge in [-0.1, -0.05) is 30.3 Å². The second-order valence-electron chi connectivity index (χ2n) is 7.15. The van der Waals surface area contributed by atoms with Crippen LogP contribution in [0.3, 0.4) is 0 Å². The van der Waals surface area contributed by atoms with E-state index in [0.29, 0.717) is 18.9 Å². The van der Waals surface area contributed by atoms with Crippen molar-refractivity contribution in [3.63, 3.8) is 0 Å². The van der Waals surface area contributed by atoms with Gasteiger partial charge in [-0.2, -0.15) is 0 Å². The summed E-state index contributed by atoms with van der Waals surface area (Å²) in [4.78, 5) is 24.0. The fourth-order valence-corrected chi connectivity index (χ4v) is 4.15. The average molecular weight is 378 g/mol. The Hall–Kier alpha value is -2.53. The van der Waals surface area contributed by atoms with E-state index in [-0.39, 0.29) is 11.9 Å². The number of carbonyl (C=O) groups is 1. The maximum atomic E-state index is 13.1. The number of thiazole rings is 1. The molecule has 0 bridgehead atoms. The van der Waals surface area contributed by atoms with Crippen molar-refractivity contribution in [2.24, 2.45) is 5.92 Å². The number of benzene rings is 1. The highest BCUT2D eigenvalue weighted by molar-refractivity contribution is 7.13. The first kappa shape index (κ1) is 17.9. The first-order chi connectivity index (χ1) is 13.2. The Morgan fingerprint density at radius 3 is 2.74 bits per heavy atom. The van der Waals surface area contributed by atoms with Crippen LogP contribution in [-0.2, 0) is 17.8 Å². The number of amides is 1. The van der Waals surface area contributed by atoms with E-state index in [0.717, 1.165) is 16.3 Å². The molecule has 3 aromatic rings. The third-order valence-corrected chi connectivity index (χ3v) is 6.04. The van der Waals surface area contributed by atoms with E-state index in [2.05, 4.69) is 29.0 Å². The van der Waals surface area contributed by atoms with Gasteiger partial charge in [0, 0.05) is 35.9 Å². The lowest BCUT2D eigenvalue weighted by molar-refractivity contribution is -0.133. The molecule has 1 aliphatic carbocycles. The molecule has 2 heterocycles. The van der Waals surface area contributed by atoms with E-state index < -0.39 is 0 Å². The first-order valence-corrected chi connectivity index (χ1v) is 10.3. The number of pyridine rings is 1. The van der Waals surface area contributed by atoms with Crippen LogP contribution in [0.15, 0.2) is 60.2 Å². The number of aromatic nitrogens is 2. The highest BCUT2D eigenvalue weighted by Gasteiger charge is 2.34. The summed E-state index contributed by atoms with van der Waals surface area (Å²) in [5.41, 5.74) is 3.01. The van der Waals surface area contributed by atoms with Crippen LogP contribution in [0.1, 0.15) is 31.0 Å². The fraction of sp³-hybridized carbons (Fsp3) is 0.318. The fourth-order valence-electron chi connectivity index (χ4n) is 3.34. The van der Waals surface area contributed by atoms with Crippen molar-refractivity contribution in [2.45, 2.75) is 38.8 Å². The molecule has 5 heteroatoms. The molecule has 1 fully saturated rings. The van der Waals surface area contributed by atoms with Crippen molar-refractivity contribution < 1.29 is 4.79 Å². The molecule has 0 radical (unpaired) electrons. The number of carbonyl (C=O) groups excluding carboxylic acids is 1. The molecule has 1 unspecified atom stereocenters. The van der Waals surface area contributed by atoms with Crippen LogP contribution in [-0.4, -0.2) is 26.8 Å². The Morgan fingerprint density at radius 1 is 1.22 bits per heavy atom. The van der Waals surface area contributed by atoms with Crippen LogP contribution in [0.2, 0.25) is 0 Å². The van der Waals surface area contributed by atoms with Gasteiger partial charge in [-0.25, -0.2) is 4.98 Å². The van der Waals surface area contributed by atoms with Crippen molar-refractivity contribution in [3.8, 4) is 10.6 Å². The molecule has 1 atom stereocenters. The van der Waals surface area contributed by atoms with E-state index in [1.165, 1.54) is 18.4 Å². The van der Waals surface area contributed by atoms with E-state index >= 15 is 0 Å². The Balaban J connectivity index is 1.49. The lowest BCUT2D eigenvalue weighted by Crippen LogP contribution is -2.40. The summed E-state index contributed by atoms with van der Waals surface area (Å²) in [6, 6.07) is 14.4. The SMILES string of the molecule is CC(C1CC1)N(Cc1ccccc1)C(=O)Cc1csc(-c2cccnc2)n1. The quantitative estimate of drug-likeness (QED) is 0.606. The molecule has 0 saturated heterocycles. The summed E-state index contributed by atoms with van der Waals surface area (Å²) in [6.07, 6.45) is 6.35. The van der Waals surface area contributed by atoms with Crippen molar-refractivity contribution in [1.29, 1.82) is 0 Å². The van der Waals surface area contributed by atoms with Crippen LogP contribution in [0.4, 0.5) is 0 Å². The highest BCUT2D eigenvalue weighted by atomic mass is 32.1. The van der Waals surface area contributed by atoms with Gasteiger partial charge >= 0.3 is 0 Å². The molecule has 2 aromatic heterocycles. The summed E-state index contributed by atoms with van der Waals surface area (Å²) in [7, 11) is 0. The zero-order valence-corrected chi connectivity index (χ0v) is 16.2. The minimum Gasteiger partial charge on any atom is -0.335 e. The van der Waals surface area contributed by atoms with Gasteiger partial charge in [0.1, 0.15) is 5.01 Å². The van der Waals surface area contributed by atoms with Gasteiger partial charge in [0.05, 0.1) is 12.1 Å². The van der Waals surface area contributed by atoms with Gasteiger partial charge in [0.2, 0.25) is 5.91 Å². The summed E-state index contributed by atoms with van der Waals surface area (Å²) in [6.45, 7) is 2.84. The van der Waals surface area contributed by atoms with Gasteiger partial charge < -0.3 is 4.90 Å². The number of rotatable bonds is 7. The Labute approximate surface area is 163 Å². The van der Waals surface area contributed by atoms with E-state index in [9.17, 15) is 4.79 Å². The monoisotopic (exact) mass is 377 g/mol. The molecule has 4 rings (SSSR count). The minimum absolute atomic E-state index is 0.154. The van der Waals surface area contributed by atoms with Crippen molar-refractivity contribution >= 4 is 17.2 Å². The lowest BCUT2D eigenvalue weighted by atomic mass is 10.1. The maximum absolute atomic E-state index is 13.1. The number of hydrogen-bond donors (Lipinski definition) is 0. The first-order valence-electron chi connectivity index (χ1n) is 9.39. The summed E-state index contributed by atoms with van der Waals surface area (Å²) < 4.78 is 0. The maximum Gasteiger partial charge on any atom is 0.229 e. The molecular formula is C22H23N3OS. The second-order valence-corrected chi connectivity index (χ2v) is 8.01. The van der Waals surface area contributed by atoms with Crippen LogP contribution in [0, 0.1) is 5.92 Å². The van der Waals surface area contributed by atoms with Crippen LogP contribution in [0.25, 0.3) is 10.6 Å². The van der Waals surface area contributed by atoms with Crippen molar-refractivity contribution in [3.05, 3.63) is 71.5 Å². The molecule has 1 aromatic carbocycles. The number of nitrogens with zero attached hydrogens (tertiary/aromatic N) is 3. The largest absolute Gasteiger partial charge is 0.335 e. The normalized spacial score (nSPS) is 14.7. The molecule has 0 spiro atoms. The smallest absolute Gasteiger partial charge is 0.229 e.